The molecule has 3 nitrogen and oxygen atoms in total. The van der Waals surface area contributed by atoms with Crippen molar-refractivity contribution in [2.24, 2.45) is 11.7 Å². The summed E-state index contributed by atoms with van der Waals surface area (Å²) in [6, 6.07) is 2.17. The largest absolute Gasteiger partial charge is 0.481 e. The van der Waals surface area contributed by atoms with Crippen molar-refractivity contribution in [2.75, 3.05) is 7.11 Å². The molecule has 0 saturated heterocycles. The van der Waals surface area contributed by atoms with Crippen molar-refractivity contribution >= 4 is 0 Å². The van der Waals surface area contributed by atoms with E-state index in [-0.39, 0.29) is 6.04 Å². The van der Waals surface area contributed by atoms with Gasteiger partial charge in [0.2, 0.25) is 5.88 Å². The highest BCUT2D eigenvalue weighted by molar-refractivity contribution is 5.33. The summed E-state index contributed by atoms with van der Waals surface area (Å²) in [7, 11) is 1.64. The molecule has 1 fully saturated rings. The Morgan fingerprint density at radius 3 is 2.86 bits per heavy atom. The Kier molecular flexibility index (Phi) is 2.42. The summed E-state index contributed by atoms with van der Waals surface area (Å²) < 4.78 is 5.21. The van der Waals surface area contributed by atoms with Crippen LogP contribution in [-0.4, -0.2) is 12.1 Å². The maximum atomic E-state index is 6.13. The van der Waals surface area contributed by atoms with Gasteiger partial charge in [0.25, 0.3) is 0 Å². The minimum atomic E-state index is 0.0948. The lowest BCUT2D eigenvalue weighted by molar-refractivity contribution is 0.385. The lowest BCUT2D eigenvalue weighted by atomic mass is 10.0. The third-order valence-corrected chi connectivity index (χ3v) is 2.70. The average Bonchev–Trinajstić information content (AvgIpc) is 3.00. The highest BCUT2D eigenvalue weighted by Crippen LogP contribution is 2.41. The molecule has 0 amide bonds. The molecule has 0 aliphatic heterocycles. The molecule has 0 unspecified atom stereocenters. The van der Waals surface area contributed by atoms with Gasteiger partial charge in [0.1, 0.15) is 0 Å². The van der Waals surface area contributed by atoms with Crippen molar-refractivity contribution in [1.29, 1.82) is 0 Å². The van der Waals surface area contributed by atoms with E-state index >= 15 is 0 Å². The Balaban J connectivity index is 2.32. The number of methoxy groups -OCH3 is 1. The molecule has 3 heteroatoms. The molecule has 1 atom stereocenters. The first-order valence-corrected chi connectivity index (χ1v) is 4.98. The zero-order chi connectivity index (χ0) is 10.1. The van der Waals surface area contributed by atoms with Gasteiger partial charge in [-0.25, -0.2) is 4.98 Å². The minimum Gasteiger partial charge on any atom is -0.481 e. The molecule has 14 heavy (non-hydrogen) atoms. The molecule has 1 aliphatic rings. The summed E-state index contributed by atoms with van der Waals surface area (Å²) in [6.07, 6.45) is 4.28. The van der Waals surface area contributed by atoms with Gasteiger partial charge in [-0.05, 0) is 37.3 Å². The van der Waals surface area contributed by atoms with Gasteiger partial charge in [-0.15, -0.1) is 0 Å². The van der Waals surface area contributed by atoms with Crippen LogP contribution >= 0.6 is 0 Å². The van der Waals surface area contributed by atoms with Crippen LogP contribution in [0.15, 0.2) is 12.3 Å². The molecule has 0 aromatic carbocycles. The molecular formula is C11H16N2O. The minimum absolute atomic E-state index is 0.0948. The predicted molar refractivity (Wildman–Crippen MR) is 55.2 cm³/mol. The Morgan fingerprint density at radius 1 is 1.57 bits per heavy atom. The number of rotatable bonds is 3. The standard InChI is InChI=1S/C11H16N2O/c1-7-5-9(10(12)8-3-4-8)11(14-2)13-6-7/h5-6,8,10H,3-4,12H2,1-2H3/t10-/m0/s1. The monoisotopic (exact) mass is 192 g/mol. The molecule has 0 spiro atoms. The van der Waals surface area contributed by atoms with Crippen LogP contribution < -0.4 is 10.5 Å². The maximum absolute atomic E-state index is 6.13. The molecule has 0 radical (unpaired) electrons. The van der Waals surface area contributed by atoms with Crippen molar-refractivity contribution < 1.29 is 4.74 Å². The van der Waals surface area contributed by atoms with E-state index in [1.54, 1.807) is 7.11 Å². The van der Waals surface area contributed by atoms with Crippen LogP contribution in [0.2, 0.25) is 0 Å². The van der Waals surface area contributed by atoms with Crippen LogP contribution in [0, 0.1) is 12.8 Å². The van der Waals surface area contributed by atoms with Gasteiger partial charge in [-0.2, -0.15) is 0 Å². The van der Waals surface area contributed by atoms with Crippen molar-refractivity contribution in [3.8, 4) is 5.88 Å². The number of pyridine rings is 1. The van der Waals surface area contributed by atoms with Gasteiger partial charge < -0.3 is 10.5 Å². The average molecular weight is 192 g/mol. The van der Waals surface area contributed by atoms with Gasteiger partial charge in [0, 0.05) is 17.8 Å². The predicted octanol–water partition coefficient (Wildman–Crippen LogP) is 1.81. The number of aryl methyl sites for hydroxylation is 1. The van der Waals surface area contributed by atoms with Gasteiger partial charge in [0.15, 0.2) is 0 Å². The van der Waals surface area contributed by atoms with Crippen molar-refractivity contribution in [2.45, 2.75) is 25.8 Å². The fraction of sp³-hybridized carbons (Fsp3) is 0.545. The third-order valence-electron chi connectivity index (χ3n) is 2.70. The second-order valence-corrected chi connectivity index (χ2v) is 3.97. The fourth-order valence-corrected chi connectivity index (χ4v) is 1.70. The summed E-state index contributed by atoms with van der Waals surface area (Å²) in [4.78, 5) is 4.23. The Bertz CT molecular complexity index is 334. The molecule has 2 rings (SSSR count). The SMILES string of the molecule is COc1ncc(C)cc1[C@@H](N)C1CC1. The van der Waals surface area contributed by atoms with Crippen molar-refractivity contribution in [3.05, 3.63) is 23.4 Å². The van der Waals surface area contributed by atoms with Crippen LogP contribution in [-0.2, 0) is 0 Å². The highest BCUT2D eigenvalue weighted by Gasteiger charge is 2.31. The zero-order valence-electron chi connectivity index (χ0n) is 8.66. The number of nitrogens with zero attached hydrogens (tertiary/aromatic N) is 1. The smallest absolute Gasteiger partial charge is 0.217 e. The van der Waals surface area contributed by atoms with E-state index in [0.717, 1.165) is 11.1 Å². The number of aromatic nitrogens is 1. The molecular weight excluding hydrogens is 176 g/mol. The normalized spacial score (nSPS) is 17.9. The Labute approximate surface area is 84.3 Å². The summed E-state index contributed by atoms with van der Waals surface area (Å²) >= 11 is 0. The van der Waals surface area contributed by atoms with Crippen LogP contribution in [0.25, 0.3) is 0 Å². The first kappa shape index (κ1) is 9.46. The Hall–Kier alpha value is -1.09. The van der Waals surface area contributed by atoms with E-state index in [1.165, 1.54) is 12.8 Å². The summed E-state index contributed by atoms with van der Waals surface area (Å²) in [6.45, 7) is 2.02. The van der Waals surface area contributed by atoms with Crippen molar-refractivity contribution in [1.82, 2.24) is 4.98 Å². The topological polar surface area (TPSA) is 48.1 Å². The first-order chi connectivity index (χ1) is 6.72. The molecule has 1 heterocycles. The number of ether oxygens (including phenoxy) is 1. The lowest BCUT2D eigenvalue weighted by Crippen LogP contribution is -2.14. The van der Waals surface area contributed by atoms with Crippen LogP contribution in [0.5, 0.6) is 5.88 Å². The second-order valence-electron chi connectivity index (χ2n) is 3.97. The van der Waals surface area contributed by atoms with Gasteiger partial charge in [-0.3, -0.25) is 0 Å². The molecule has 76 valence electrons. The maximum Gasteiger partial charge on any atom is 0.217 e. The van der Waals surface area contributed by atoms with E-state index in [2.05, 4.69) is 11.1 Å². The van der Waals surface area contributed by atoms with E-state index in [0.29, 0.717) is 11.8 Å². The molecule has 1 aromatic rings. The van der Waals surface area contributed by atoms with Crippen LogP contribution in [0.1, 0.15) is 30.0 Å². The number of hydrogen-bond donors (Lipinski definition) is 1. The molecule has 1 aromatic heterocycles. The molecule has 0 bridgehead atoms. The third kappa shape index (κ3) is 1.73. The lowest BCUT2D eigenvalue weighted by Gasteiger charge is -2.14. The van der Waals surface area contributed by atoms with E-state index < -0.39 is 0 Å². The van der Waals surface area contributed by atoms with Gasteiger partial charge >= 0.3 is 0 Å². The van der Waals surface area contributed by atoms with Crippen LogP contribution in [0.4, 0.5) is 0 Å². The van der Waals surface area contributed by atoms with Crippen LogP contribution in [0.3, 0.4) is 0 Å². The Morgan fingerprint density at radius 2 is 2.29 bits per heavy atom. The zero-order valence-corrected chi connectivity index (χ0v) is 8.66. The number of hydrogen-bond acceptors (Lipinski definition) is 3. The van der Waals surface area contributed by atoms with Gasteiger partial charge in [0.05, 0.1) is 7.11 Å². The molecule has 2 N–H and O–H groups in total. The van der Waals surface area contributed by atoms with Crippen molar-refractivity contribution in [3.63, 3.8) is 0 Å². The van der Waals surface area contributed by atoms with E-state index in [4.69, 9.17) is 10.5 Å². The summed E-state index contributed by atoms with van der Waals surface area (Å²) in [5.41, 5.74) is 8.31. The summed E-state index contributed by atoms with van der Waals surface area (Å²) in [5.74, 6) is 1.31. The quantitative estimate of drug-likeness (QED) is 0.794. The van der Waals surface area contributed by atoms with E-state index in [1.807, 2.05) is 13.1 Å². The van der Waals surface area contributed by atoms with E-state index in [9.17, 15) is 0 Å². The molecule has 1 saturated carbocycles. The summed E-state index contributed by atoms with van der Waals surface area (Å²) in [5, 5.41) is 0. The highest BCUT2D eigenvalue weighted by atomic mass is 16.5. The second kappa shape index (κ2) is 3.58. The molecule has 1 aliphatic carbocycles. The number of nitrogens with two attached hydrogens (primary N) is 1. The van der Waals surface area contributed by atoms with Gasteiger partial charge in [-0.1, -0.05) is 0 Å². The fourth-order valence-electron chi connectivity index (χ4n) is 1.70. The first-order valence-electron chi connectivity index (χ1n) is 4.98.